The summed E-state index contributed by atoms with van der Waals surface area (Å²) in [5.41, 5.74) is 4.08. The molecule has 3 N–H and O–H groups in total. The zero-order valence-electron chi connectivity index (χ0n) is 40.5. The van der Waals surface area contributed by atoms with Crippen LogP contribution < -0.4 is 4.74 Å². The summed E-state index contributed by atoms with van der Waals surface area (Å²) < 4.78 is 14.6. The van der Waals surface area contributed by atoms with E-state index in [0.29, 0.717) is 36.3 Å². The Labute approximate surface area is 408 Å². The van der Waals surface area contributed by atoms with Crippen LogP contribution in [0.4, 0.5) is 5.69 Å². The first kappa shape index (κ1) is 51.3. The van der Waals surface area contributed by atoms with E-state index in [-0.39, 0.29) is 74.5 Å². The van der Waals surface area contributed by atoms with E-state index < -0.39 is 22.7 Å². The lowest BCUT2D eigenvalue weighted by atomic mass is 9.55. The molecule has 12 nitrogen and oxygen atoms in total. The van der Waals surface area contributed by atoms with Crippen LogP contribution in [0.5, 0.6) is 11.5 Å². The lowest BCUT2D eigenvalue weighted by Crippen LogP contribution is -2.70. The number of carbonyl (C=O) groups excluding carboxylic acids is 1. The Morgan fingerprint density at radius 1 is 0.899 bits per heavy atom. The number of carbonyl (C=O) groups is 1. The van der Waals surface area contributed by atoms with Gasteiger partial charge in [-0.3, -0.25) is 14.9 Å². The number of hydrogen-bond donors (Lipinski definition) is 3. The third-order valence-corrected chi connectivity index (χ3v) is 14.6. The van der Waals surface area contributed by atoms with Gasteiger partial charge < -0.3 is 34.5 Å². The number of nitrogens with zero attached hydrogens (tertiary/aromatic N) is 3. The number of rotatable bonds is 28. The smallest absolute Gasteiger partial charge is 0.269 e. The lowest BCUT2D eigenvalue weighted by Gasteiger charge is -2.60. The molecule has 0 aromatic heterocycles. The van der Waals surface area contributed by atoms with Crippen LogP contribution in [0.15, 0.2) is 114 Å². The standard InChI is InChI=1S/C57H73N3O9/c1-3-5-6-7-8-9-10-11-12-26-54(64)59(39-44-23-19-22-42-20-13-14-24-47(42)44)53-38-51(58-68-40-41-27-29-45(30-28-41)60(65)66)49-36-43(21-15-17-33-61)48(25-16-18-34-62)55-50-37-46(63)31-32-52(50)69-57(53,56(49)55)67-35-4-2/h4,13-14,19-20,22-24,27-32,36-37,43,48,53,55-56,61-63H,2-3,5-12,15-18,21,25-26,33-35,38-40H2,1H3/t43-,48+,53-,55+,56+,57+/m0/s1. The van der Waals surface area contributed by atoms with Gasteiger partial charge in [0, 0.05) is 56.2 Å². The van der Waals surface area contributed by atoms with Gasteiger partial charge in [0.2, 0.25) is 11.7 Å². The van der Waals surface area contributed by atoms with Crippen molar-refractivity contribution in [3.63, 3.8) is 0 Å². The molecule has 4 aromatic carbocycles. The Balaban J connectivity index is 1.37. The highest BCUT2D eigenvalue weighted by Gasteiger charge is 2.65. The maximum atomic E-state index is 15.4. The number of oxime groups is 1. The van der Waals surface area contributed by atoms with E-state index in [1.165, 1.54) is 44.2 Å². The van der Waals surface area contributed by atoms with Crippen molar-refractivity contribution in [3.05, 3.63) is 136 Å². The molecule has 1 amide bonds. The number of phenolic OH excluding ortho intramolecular Hbond substituents is 1. The highest BCUT2D eigenvalue weighted by atomic mass is 16.7. The van der Waals surface area contributed by atoms with E-state index in [1.807, 2.05) is 29.2 Å². The van der Waals surface area contributed by atoms with Gasteiger partial charge in [-0.25, -0.2) is 0 Å². The molecule has 12 heteroatoms. The van der Waals surface area contributed by atoms with Gasteiger partial charge in [-0.05, 0) is 102 Å². The van der Waals surface area contributed by atoms with Gasteiger partial charge in [0.25, 0.3) is 5.69 Å². The van der Waals surface area contributed by atoms with Gasteiger partial charge in [-0.15, -0.1) is 6.58 Å². The third-order valence-electron chi connectivity index (χ3n) is 14.6. The summed E-state index contributed by atoms with van der Waals surface area (Å²) >= 11 is 0. The Morgan fingerprint density at radius 2 is 1.61 bits per heavy atom. The normalized spacial score (nSPS) is 22.0. The number of aliphatic hydroxyl groups excluding tert-OH is 2. The van der Waals surface area contributed by atoms with Crippen LogP contribution >= 0.6 is 0 Å². The average molecular weight is 944 g/mol. The van der Waals surface area contributed by atoms with Crippen molar-refractivity contribution in [3.8, 4) is 11.5 Å². The monoisotopic (exact) mass is 944 g/mol. The maximum absolute atomic E-state index is 15.4. The highest BCUT2D eigenvalue weighted by Crippen LogP contribution is 2.62. The number of aromatic hydroxyl groups is 1. The minimum Gasteiger partial charge on any atom is -0.508 e. The number of nitro groups is 1. The van der Waals surface area contributed by atoms with E-state index in [4.69, 9.17) is 19.5 Å². The Kier molecular flexibility index (Phi) is 18.8. The fourth-order valence-corrected chi connectivity index (χ4v) is 11.3. The molecule has 1 heterocycles. The van der Waals surface area contributed by atoms with Gasteiger partial charge in [-0.2, -0.15) is 0 Å². The molecular formula is C57H73N3O9. The lowest BCUT2D eigenvalue weighted by molar-refractivity contribution is -0.384. The van der Waals surface area contributed by atoms with Crippen molar-refractivity contribution in [1.29, 1.82) is 0 Å². The van der Waals surface area contributed by atoms with E-state index in [0.717, 1.165) is 78.8 Å². The number of unbranched alkanes of at least 4 members (excludes halogenated alkanes) is 10. The zero-order valence-corrected chi connectivity index (χ0v) is 40.5. The Bertz CT molecular complexity index is 2380. The minimum atomic E-state index is -1.45. The number of ether oxygens (including phenoxy) is 2. The first-order chi connectivity index (χ1) is 33.7. The molecule has 0 radical (unpaired) electrons. The minimum absolute atomic E-state index is 0.00497. The number of nitro benzene ring substituents is 1. The largest absolute Gasteiger partial charge is 0.508 e. The predicted molar refractivity (Wildman–Crippen MR) is 271 cm³/mol. The molecule has 1 saturated carbocycles. The Hall–Kier alpha value is -5.56. The van der Waals surface area contributed by atoms with E-state index in [9.17, 15) is 25.4 Å². The molecule has 3 aliphatic rings. The number of phenols is 1. The van der Waals surface area contributed by atoms with Crippen LogP contribution in [0.3, 0.4) is 0 Å². The van der Waals surface area contributed by atoms with E-state index >= 15 is 4.79 Å². The summed E-state index contributed by atoms with van der Waals surface area (Å²) in [6.45, 7) is 6.94. The SMILES string of the molecule is C=CCO[C@@]12Oc3ccc(O)cc3[C@H]3[C@H](CCCCO)[C@@H](CCCCO)C=C(C(=NOCc4ccc([N+](=O)[O-])cc4)C[C@@H]1N(Cc1cccc4ccccc14)C(=O)CCCCCCCCCCC)[C@H]32. The predicted octanol–water partition coefficient (Wildman–Crippen LogP) is 12.2. The molecule has 4 aromatic rings. The molecule has 1 fully saturated rings. The third kappa shape index (κ3) is 12.4. The molecule has 0 spiro atoms. The molecule has 1 aliphatic heterocycles. The van der Waals surface area contributed by atoms with Gasteiger partial charge in [0.05, 0.1) is 23.2 Å². The summed E-state index contributed by atoms with van der Waals surface area (Å²) in [6, 6.07) is 25.2. The van der Waals surface area contributed by atoms with Crippen LogP contribution in [-0.4, -0.2) is 68.4 Å². The molecule has 0 bridgehead atoms. The highest BCUT2D eigenvalue weighted by molar-refractivity contribution is 6.03. The number of fused-ring (bicyclic) bond motifs is 3. The van der Waals surface area contributed by atoms with Crippen LogP contribution in [0.25, 0.3) is 10.8 Å². The summed E-state index contributed by atoms with van der Waals surface area (Å²) in [6.07, 6.45) is 19.1. The van der Waals surface area contributed by atoms with Crippen molar-refractivity contribution in [2.75, 3.05) is 19.8 Å². The quantitative estimate of drug-likeness (QED) is 0.0218. The first-order valence-corrected chi connectivity index (χ1v) is 25.6. The molecule has 7 rings (SSSR count). The molecular weight excluding hydrogens is 871 g/mol. The molecule has 370 valence electrons. The van der Waals surface area contributed by atoms with Gasteiger partial charge in [0.15, 0.2) is 0 Å². The van der Waals surface area contributed by atoms with Crippen LogP contribution in [0.1, 0.15) is 139 Å². The number of non-ortho nitro benzene ring substituents is 1. The summed E-state index contributed by atoms with van der Waals surface area (Å²) in [5, 5.41) is 49.7. The molecule has 0 saturated heterocycles. The zero-order chi connectivity index (χ0) is 48.6. The van der Waals surface area contributed by atoms with E-state index in [2.05, 4.69) is 43.8 Å². The number of benzene rings is 4. The van der Waals surface area contributed by atoms with Gasteiger partial charge in [0.1, 0.15) is 24.1 Å². The second kappa shape index (κ2) is 25.3. The van der Waals surface area contributed by atoms with Crippen molar-refractivity contribution in [2.24, 2.45) is 22.9 Å². The fourth-order valence-electron chi connectivity index (χ4n) is 11.3. The van der Waals surface area contributed by atoms with Crippen molar-refractivity contribution >= 4 is 28.1 Å². The maximum Gasteiger partial charge on any atom is 0.269 e. The second-order valence-corrected chi connectivity index (χ2v) is 19.2. The topological polar surface area (TPSA) is 164 Å². The summed E-state index contributed by atoms with van der Waals surface area (Å²) in [4.78, 5) is 34.7. The van der Waals surface area contributed by atoms with Crippen LogP contribution in [0.2, 0.25) is 0 Å². The Morgan fingerprint density at radius 3 is 2.33 bits per heavy atom. The molecule has 2 aliphatic carbocycles. The average Bonchev–Trinajstić information content (AvgIpc) is 3.36. The molecule has 69 heavy (non-hydrogen) atoms. The summed E-state index contributed by atoms with van der Waals surface area (Å²) in [5.74, 6) is -1.55. The molecule has 0 unspecified atom stereocenters. The fraction of sp³-hybridized carbons (Fsp3) is 0.509. The van der Waals surface area contributed by atoms with Crippen molar-refractivity contribution < 1.29 is 39.3 Å². The van der Waals surface area contributed by atoms with Crippen LogP contribution in [-0.2, 0) is 27.5 Å². The van der Waals surface area contributed by atoms with Gasteiger partial charge >= 0.3 is 0 Å². The number of amides is 1. The number of allylic oxidation sites excluding steroid dienone is 1. The van der Waals surface area contributed by atoms with Crippen molar-refractivity contribution in [1.82, 2.24) is 4.90 Å². The number of aliphatic hydroxyl groups is 2. The summed E-state index contributed by atoms with van der Waals surface area (Å²) in [7, 11) is 0. The first-order valence-electron chi connectivity index (χ1n) is 25.6. The van der Waals surface area contributed by atoms with E-state index in [1.54, 1.807) is 30.3 Å². The number of hydrogen-bond acceptors (Lipinski definition) is 10. The van der Waals surface area contributed by atoms with Gasteiger partial charge in [-0.1, -0.05) is 131 Å². The second-order valence-electron chi connectivity index (χ2n) is 19.2. The van der Waals surface area contributed by atoms with Crippen LogP contribution in [0, 0.1) is 27.9 Å². The molecule has 6 atom stereocenters. The van der Waals surface area contributed by atoms with Crippen molar-refractivity contribution in [2.45, 2.75) is 147 Å².